The normalized spacial score (nSPS) is 19.6. The maximum atomic E-state index is 5.94. The first-order valence-electron chi connectivity index (χ1n) is 6.74. The Morgan fingerprint density at radius 1 is 1.37 bits per heavy atom. The van der Waals surface area contributed by atoms with E-state index in [1.807, 2.05) is 0 Å². The summed E-state index contributed by atoms with van der Waals surface area (Å²) < 4.78 is 5.60. The van der Waals surface area contributed by atoms with Gasteiger partial charge in [0.25, 0.3) is 0 Å². The number of hydrogen-bond donors (Lipinski definition) is 1. The van der Waals surface area contributed by atoms with Crippen molar-refractivity contribution in [2.45, 2.75) is 44.8 Å². The van der Waals surface area contributed by atoms with E-state index in [4.69, 9.17) is 27.9 Å². The fraction of sp³-hybridized carbons (Fsp3) is 0.692. The Bertz CT molecular complexity index is 397. The van der Waals surface area contributed by atoms with Gasteiger partial charge in [0.15, 0.2) is 0 Å². The number of rotatable bonds is 6. The zero-order chi connectivity index (χ0) is 13.5. The number of nitrogens with zero attached hydrogens (tertiary/aromatic N) is 2. The molecular weight excluding hydrogens is 285 g/mol. The van der Waals surface area contributed by atoms with E-state index in [0.717, 1.165) is 25.1 Å². The topological polar surface area (TPSA) is 47.0 Å². The van der Waals surface area contributed by atoms with Crippen molar-refractivity contribution < 1.29 is 4.74 Å². The summed E-state index contributed by atoms with van der Waals surface area (Å²) >= 11 is 11.6. The van der Waals surface area contributed by atoms with Crippen LogP contribution in [0.2, 0.25) is 10.4 Å². The fourth-order valence-corrected chi connectivity index (χ4v) is 2.61. The molecule has 1 aliphatic rings. The summed E-state index contributed by atoms with van der Waals surface area (Å²) in [6.07, 6.45) is 7.78. The highest BCUT2D eigenvalue weighted by Gasteiger charge is 2.11. The Kier molecular flexibility index (Phi) is 6.31. The van der Waals surface area contributed by atoms with Gasteiger partial charge < -0.3 is 10.1 Å². The van der Waals surface area contributed by atoms with Crippen LogP contribution in [0.5, 0.6) is 0 Å². The van der Waals surface area contributed by atoms with Crippen molar-refractivity contribution in [2.75, 3.05) is 13.2 Å². The van der Waals surface area contributed by atoms with Crippen molar-refractivity contribution in [3.8, 4) is 0 Å². The first kappa shape index (κ1) is 15.0. The van der Waals surface area contributed by atoms with Crippen molar-refractivity contribution in [1.82, 2.24) is 15.3 Å². The highest BCUT2D eigenvalue weighted by atomic mass is 35.5. The quantitative estimate of drug-likeness (QED) is 0.498. The molecule has 0 bridgehead atoms. The average Bonchev–Trinajstić information content (AvgIpc) is 2.42. The first-order chi connectivity index (χ1) is 9.25. The van der Waals surface area contributed by atoms with Gasteiger partial charge in [-0.05, 0) is 43.8 Å². The van der Waals surface area contributed by atoms with Crippen LogP contribution in [-0.4, -0.2) is 29.2 Å². The average molecular weight is 304 g/mol. The van der Waals surface area contributed by atoms with Crippen LogP contribution in [0.25, 0.3) is 0 Å². The van der Waals surface area contributed by atoms with Gasteiger partial charge in [-0.25, -0.2) is 9.97 Å². The molecule has 0 spiro atoms. The summed E-state index contributed by atoms with van der Waals surface area (Å²) in [7, 11) is 0. The van der Waals surface area contributed by atoms with E-state index in [9.17, 15) is 0 Å². The molecule has 1 atom stereocenters. The molecule has 0 radical (unpaired) electrons. The van der Waals surface area contributed by atoms with Crippen LogP contribution >= 0.6 is 23.2 Å². The molecule has 0 unspecified atom stereocenters. The number of hydrogen-bond acceptors (Lipinski definition) is 4. The van der Waals surface area contributed by atoms with Crippen molar-refractivity contribution in [3.05, 3.63) is 22.2 Å². The van der Waals surface area contributed by atoms with Crippen molar-refractivity contribution in [3.63, 3.8) is 0 Å². The van der Waals surface area contributed by atoms with Gasteiger partial charge in [-0.15, -0.1) is 0 Å². The van der Waals surface area contributed by atoms with E-state index in [-0.39, 0.29) is 5.28 Å². The van der Waals surface area contributed by atoms with Gasteiger partial charge in [-0.2, -0.15) is 0 Å². The second kappa shape index (κ2) is 8.00. The summed E-state index contributed by atoms with van der Waals surface area (Å²) in [4.78, 5) is 7.77. The molecule has 1 aromatic rings. The summed E-state index contributed by atoms with van der Waals surface area (Å²) in [5.41, 5.74) is 0.779. The fourth-order valence-electron chi connectivity index (χ4n) is 2.25. The minimum Gasteiger partial charge on any atom is -0.377 e. The van der Waals surface area contributed by atoms with E-state index in [2.05, 4.69) is 15.3 Å². The molecule has 0 aliphatic carbocycles. The molecule has 19 heavy (non-hydrogen) atoms. The lowest BCUT2D eigenvalue weighted by atomic mass is 10.0. The Morgan fingerprint density at radius 2 is 2.26 bits per heavy atom. The molecule has 0 saturated carbocycles. The number of piperidine rings is 1. The van der Waals surface area contributed by atoms with E-state index in [1.54, 1.807) is 6.20 Å². The molecule has 106 valence electrons. The van der Waals surface area contributed by atoms with Gasteiger partial charge in [-0.3, -0.25) is 0 Å². The van der Waals surface area contributed by atoms with Crippen LogP contribution in [0, 0.1) is 0 Å². The minimum atomic E-state index is 0.164. The molecule has 6 heteroatoms. The third kappa shape index (κ3) is 5.22. The van der Waals surface area contributed by atoms with Gasteiger partial charge in [0.1, 0.15) is 5.15 Å². The van der Waals surface area contributed by atoms with Crippen LogP contribution in [0.1, 0.15) is 37.7 Å². The molecular formula is C13H19Cl2N3O. The van der Waals surface area contributed by atoms with Gasteiger partial charge in [0, 0.05) is 24.4 Å². The highest BCUT2D eigenvalue weighted by molar-refractivity contribution is 6.32. The van der Waals surface area contributed by atoms with Crippen LogP contribution in [-0.2, 0) is 11.3 Å². The summed E-state index contributed by atoms with van der Waals surface area (Å²) in [6, 6.07) is 0.666. The molecule has 0 aromatic carbocycles. The molecule has 1 N–H and O–H groups in total. The van der Waals surface area contributed by atoms with Crippen LogP contribution in [0.15, 0.2) is 6.20 Å². The monoisotopic (exact) mass is 303 g/mol. The zero-order valence-corrected chi connectivity index (χ0v) is 12.4. The second-order valence-electron chi connectivity index (χ2n) is 4.80. The van der Waals surface area contributed by atoms with Gasteiger partial charge in [-0.1, -0.05) is 18.0 Å². The van der Waals surface area contributed by atoms with E-state index < -0.39 is 0 Å². The van der Waals surface area contributed by atoms with Gasteiger partial charge in [0.2, 0.25) is 5.28 Å². The third-order valence-electron chi connectivity index (χ3n) is 3.29. The Hall–Kier alpha value is -0.420. The predicted molar refractivity (Wildman–Crippen MR) is 76.6 cm³/mol. The van der Waals surface area contributed by atoms with E-state index in [1.165, 1.54) is 25.7 Å². The standard InChI is InChI=1S/C13H19Cl2N3O/c14-12-10(8-17-13(15)18-12)9-19-7-3-5-11-4-1-2-6-16-11/h8,11,16H,1-7,9H2/t11-/m1/s1. The van der Waals surface area contributed by atoms with Crippen molar-refractivity contribution in [2.24, 2.45) is 0 Å². The summed E-state index contributed by atoms with van der Waals surface area (Å²) in [6.45, 7) is 2.33. The molecule has 1 fully saturated rings. The largest absolute Gasteiger partial charge is 0.377 e. The SMILES string of the molecule is Clc1ncc(COCCC[C@H]2CCCCN2)c(Cl)n1. The molecule has 2 heterocycles. The predicted octanol–water partition coefficient (Wildman–Crippen LogP) is 3.22. The first-order valence-corrected chi connectivity index (χ1v) is 7.49. The smallest absolute Gasteiger partial charge is 0.223 e. The third-order valence-corrected chi connectivity index (χ3v) is 3.80. The molecule has 4 nitrogen and oxygen atoms in total. The molecule has 1 aliphatic heterocycles. The lowest BCUT2D eigenvalue weighted by Gasteiger charge is -2.23. The Balaban J connectivity index is 1.61. The Labute approximate surface area is 123 Å². The molecule has 1 aromatic heterocycles. The highest BCUT2D eigenvalue weighted by Crippen LogP contribution is 2.16. The maximum Gasteiger partial charge on any atom is 0.223 e. The Morgan fingerprint density at radius 3 is 3.00 bits per heavy atom. The maximum absolute atomic E-state index is 5.94. The van der Waals surface area contributed by atoms with E-state index in [0.29, 0.717) is 17.8 Å². The zero-order valence-electron chi connectivity index (χ0n) is 10.9. The number of aromatic nitrogens is 2. The minimum absolute atomic E-state index is 0.164. The van der Waals surface area contributed by atoms with Crippen LogP contribution in [0.4, 0.5) is 0 Å². The second-order valence-corrected chi connectivity index (χ2v) is 5.49. The lowest BCUT2D eigenvalue weighted by molar-refractivity contribution is 0.114. The number of nitrogens with one attached hydrogen (secondary N) is 1. The number of halogens is 2. The summed E-state index contributed by atoms with van der Waals surface area (Å²) in [5.74, 6) is 0. The molecule has 2 rings (SSSR count). The summed E-state index contributed by atoms with van der Waals surface area (Å²) in [5, 5.41) is 4.07. The van der Waals surface area contributed by atoms with Crippen LogP contribution in [0.3, 0.4) is 0 Å². The van der Waals surface area contributed by atoms with Crippen molar-refractivity contribution >= 4 is 23.2 Å². The number of ether oxygens (including phenoxy) is 1. The van der Waals surface area contributed by atoms with E-state index >= 15 is 0 Å². The van der Waals surface area contributed by atoms with Gasteiger partial charge in [0.05, 0.1) is 6.61 Å². The molecule has 0 amide bonds. The molecule has 1 saturated heterocycles. The van der Waals surface area contributed by atoms with Gasteiger partial charge >= 0.3 is 0 Å². The van der Waals surface area contributed by atoms with Crippen LogP contribution < -0.4 is 5.32 Å². The van der Waals surface area contributed by atoms with Crippen molar-refractivity contribution in [1.29, 1.82) is 0 Å². The lowest BCUT2D eigenvalue weighted by Crippen LogP contribution is -2.33.